The zero-order valence-electron chi connectivity index (χ0n) is 13.6. The summed E-state index contributed by atoms with van der Waals surface area (Å²) in [5.74, 6) is -0.270. The molecule has 1 N–H and O–H groups in total. The lowest BCUT2D eigenvalue weighted by Gasteiger charge is -2.09. The molecule has 0 aliphatic heterocycles. The van der Waals surface area contributed by atoms with E-state index >= 15 is 0 Å². The van der Waals surface area contributed by atoms with Crippen LogP contribution in [0.5, 0.6) is 0 Å². The molecule has 3 aromatic heterocycles. The van der Waals surface area contributed by atoms with E-state index in [1.54, 1.807) is 29.1 Å². The molecule has 0 saturated heterocycles. The third-order valence-corrected chi connectivity index (χ3v) is 3.87. The minimum atomic E-state index is -0.270. The number of pyridine rings is 1. The van der Waals surface area contributed by atoms with Crippen LogP contribution in [0.2, 0.25) is 0 Å². The Kier molecular flexibility index (Phi) is 3.46. The molecule has 9 heteroatoms. The Morgan fingerprint density at radius 2 is 2.08 bits per heavy atom. The summed E-state index contributed by atoms with van der Waals surface area (Å²) < 4.78 is 3.16. The average Bonchev–Trinajstić information content (AvgIpc) is 3.24. The van der Waals surface area contributed by atoms with E-state index in [0.29, 0.717) is 16.9 Å². The van der Waals surface area contributed by atoms with Crippen molar-refractivity contribution in [2.45, 2.75) is 6.92 Å². The van der Waals surface area contributed by atoms with Crippen molar-refractivity contribution in [3.63, 3.8) is 0 Å². The summed E-state index contributed by atoms with van der Waals surface area (Å²) in [6.07, 6.45) is 3.06. The van der Waals surface area contributed by atoms with Gasteiger partial charge in [0.15, 0.2) is 5.65 Å². The molecule has 0 bridgehead atoms. The molecule has 25 heavy (non-hydrogen) atoms. The summed E-state index contributed by atoms with van der Waals surface area (Å²) in [7, 11) is 1.84. The minimum Gasteiger partial charge on any atom is -0.320 e. The maximum absolute atomic E-state index is 12.7. The van der Waals surface area contributed by atoms with Gasteiger partial charge in [0, 0.05) is 12.4 Å². The molecule has 9 nitrogen and oxygen atoms in total. The van der Waals surface area contributed by atoms with Crippen LogP contribution in [0.4, 0.5) is 5.69 Å². The molecule has 4 aromatic rings. The summed E-state index contributed by atoms with van der Waals surface area (Å²) in [6.45, 7) is 1.91. The third kappa shape index (κ3) is 2.61. The number of tetrazole rings is 1. The number of nitrogens with one attached hydrogen (secondary N) is 1. The molecule has 3 heterocycles. The Balaban J connectivity index is 1.68. The molecule has 0 saturated carbocycles. The lowest BCUT2D eigenvalue weighted by molar-refractivity contribution is 0.102. The fourth-order valence-corrected chi connectivity index (χ4v) is 2.71. The summed E-state index contributed by atoms with van der Waals surface area (Å²) in [4.78, 5) is 17.1. The van der Waals surface area contributed by atoms with Gasteiger partial charge in [0.05, 0.1) is 28.8 Å². The number of carbonyl (C=O) groups excluding carboxylic acids is 1. The van der Waals surface area contributed by atoms with Crippen LogP contribution < -0.4 is 5.32 Å². The number of amides is 1. The Bertz CT molecular complexity index is 1070. The van der Waals surface area contributed by atoms with Crippen LogP contribution in [0.25, 0.3) is 16.7 Å². The number of rotatable bonds is 3. The summed E-state index contributed by atoms with van der Waals surface area (Å²) in [6, 6.07) is 8.96. The van der Waals surface area contributed by atoms with Crippen LogP contribution in [-0.2, 0) is 7.05 Å². The third-order valence-electron chi connectivity index (χ3n) is 3.87. The van der Waals surface area contributed by atoms with E-state index in [-0.39, 0.29) is 5.91 Å². The first-order valence-corrected chi connectivity index (χ1v) is 7.56. The highest BCUT2D eigenvalue weighted by Crippen LogP contribution is 2.21. The summed E-state index contributed by atoms with van der Waals surface area (Å²) in [5, 5.41) is 19.2. The molecular weight excluding hydrogens is 320 g/mol. The van der Waals surface area contributed by atoms with Crippen LogP contribution in [0, 0.1) is 6.92 Å². The van der Waals surface area contributed by atoms with Gasteiger partial charge < -0.3 is 5.32 Å². The van der Waals surface area contributed by atoms with Crippen LogP contribution in [0.15, 0.2) is 42.9 Å². The van der Waals surface area contributed by atoms with Crippen molar-refractivity contribution in [3.05, 3.63) is 54.1 Å². The lowest BCUT2D eigenvalue weighted by atomic mass is 10.1. The standard InChI is InChI=1S/C16H14N8O/c1-10-13-7-11(8-17-15(13)23(2)20-10)19-16(25)12-5-3-4-6-14(12)24-9-18-21-22-24/h3-9H,1-2H3,(H,19,25). The Hall–Kier alpha value is -3.62. The Morgan fingerprint density at radius 1 is 1.24 bits per heavy atom. The first kappa shape index (κ1) is 14.9. The highest BCUT2D eigenvalue weighted by Gasteiger charge is 2.15. The van der Waals surface area contributed by atoms with Gasteiger partial charge in [-0.15, -0.1) is 5.10 Å². The molecule has 1 aromatic carbocycles. The molecule has 1 amide bonds. The first-order valence-electron chi connectivity index (χ1n) is 7.56. The molecule has 0 radical (unpaired) electrons. The number of hydrogen-bond donors (Lipinski definition) is 1. The maximum Gasteiger partial charge on any atom is 0.257 e. The number of para-hydroxylation sites is 1. The predicted molar refractivity (Wildman–Crippen MR) is 90.4 cm³/mol. The number of hydrogen-bond acceptors (Lipinski definition) is 6. The number of anilines is 1. The second-order valence-corrected chi connectivity index (χ2v) is 5.53. The molecule has 0 fully saturated rings. The highest BCUT2D eigenvalue weighted by molar-refractivity contribution is 6.07. The molecule has 124 valence electrons. The zero-order valence-corrected chi connectivity index (χ0v) is 13.6. The van der Waals surface area contributed by atoms with E-state index < -0.39 is 0 Å². The summed E-state index contributed by atoms with van der Waals surface area (Å²) in [5.41, 5.74) is 3.27. The van der Waals surface area contributed by atoms with Gasteiger partial charge in [-0.25, -0.2) is 4.98 Å². The van der Waals surface area contributed by atoms with Gasteiger partial charge in [0.25, 0.3) is 5.91 Å². The molecular formula is C16H14N8O. The molecule has 0 unspecified atom stereocenters. The topological polar surface area (TPSA) is 103 Å². The molecule has 0 aliphatic rings. The van der Waals surface area contributed by atoms with Crippen molar-refractivity contribution < 1.29 is 4.79 Å². The lowest BCUT2D eigenvalue weighted by Crippen LogP contribution is -2.15. The van der Waals surface area contributed by atoms with Gasteiger partial charge >= 0.3 is 0 Å². The van der Waals surface area contributed by atoms with E-state index in [2.05, 4.69) is 30.9 Å². The van der Waals surface area contributed by atoms with Crippen molar-refractivity contribution in [1.29, 1.82) is 0 Å². The quantitative estimate of drug-likeness (QED) is 0.609. The van der Waals surface area contributed by atoms with Crippen LogP contribution >= 0.6 is 0 Å². The Morgan fingerprint density at radius 3 is 2.88 bits per heavy atom. The Labute approximate surface area is 142 Å². The fraction of sp³-hybridized carbons (Fsp3) is 0.125. The second-order valence-electron chi connectivity index (χ2n) is 5.53. The smallest absolute Gasteiger partial charge is 0.257 e. The number of nitrogens with zero attached hydrogens (tertiary/aromatic N) is 7. The molecule has 0 atom stereocenters. The second kappa shape index (κ2) is 5.78. The van der Waals surface area contributed by atoms with Crippen molar-refractivity contribution in [1.82, 2.24) is 35.0 Å². The first-order chi connectivity index (χ1) is 12.1. The highest BCUT2D eigenvalue weighted by atomic mass is 16.1. The zero-order chi connectivity index (χ0) is 17.4. The van der Waals surface area contributed by atoms with Crippen molar-refractivity contribution in [2.75, 3.05) is 5.32 Å². The molecule has 0 aliphatic carbocycles. The number of benzene rings is 1. The van der Waals surface area contributed by atoms with E-state index in [4.69, 9.17) is 0 Å². The number of fused-ring (bicyclic) bond motifs is 1. The van der Waals surface area contributed by atoms with E-state index in [9.17, 15) is 4.79 Å². The fourth-order valence-electron chi connectivity index (χ4n) is 2.71. The predicted octanol–water partition coefficient (Wildman–Crippen LogP) is 1.50. The SMILES string of the molecule is Cc1nn(C)c2ncc(NC(=O)c3ccccc3-n3cnnn3)cc12. The van der Waals surface area contributed by atoms with E-state index in [0.717, 1.165) is 16.7 Å². The monoisotopic (exact) mass is 334 g/mol. The van der Waals surface area contributed by atoms with Gasteiger partial charge in [-0.2, -0.15) is 9.78 Å². The number of carbonyl (C=O) groups is 1. The number of aromatic nitrogens is 7. The average molecular weight is 334 g/mol. The number of aryl methyl sites for hydroxylation is 2. The van der Waals surface area contributed by atoms with Crippen molar-refractivity contribution >= 4 is 22.6 Å². The maximum atomic E-state index is 12.7. The van der Waals surface area contributed by atoms with Crippen LogP contribution in [0.3, 0.4) is 0 Å². The molecule has 4 rings (SSSR count). The van der Waals surface area contributed by atoms with Crippen LogP contribution in [-0.4, -0.2) is 40.9 Å². The van der Waals surface area contributed by atoms with Gasteiger partial charge in [-0.3, -0.25) is 9.48 Å². The van der Waals surface area contributed by atoms with Gasteiger partial charge in [0.1, 0.15) is 6.33 Å². The summed E-state index contributed by atoms with van der Waals surface area (Å²) >= 11 is 0. The van der Waals surface area contributed by atoms with Gasteiger partial charge in [0.2, 0.25) is 0 Å². The largest absolute Gasteiger partial charge is 0.320 e. The molecule has 0 spiro atoms. The minimum absolute atomic E-state index is 0.270. The van der Waals surface area contributed by atoms with E-state index in [1.807, 2.05) is 26.1 Å². The van der Waals surface area contributed by atoms with E-state index in [1.165, 1.54) is 11.0 Å². The van der Waals surface area contributed by atoms with Gasteiger partial charge in [-0.1, -0.05) is 12.1 Å². The van der Waals surface area contributed by atoms with Gasteiger partial charge in [-0.05, 0) is 35.5 Å². The normalized spacial score (nSPS) is 11.0. The van der Waals surface area contributed by atoms with Crippen molar-refractivity contribution in [2.24, 2.45) is 7.05 Å². The van der Waals surface area contributed by atoms with Crippen molar-refractivity contribution in [3.8, 4) is 5.69 Å². The van der Waals surface area contributed by atoms with Crippen LogP contribution in [0.1, 0.15) is 16.1 Å².